The topological polar surface area (TPSA) is 77.2 Å². The fourth-order valence-electron chi connectivity index (χ4n) is 1.65. The second-order valence-electron chi connectivity index (χ2n) is 4.26. The molecule has 0 saturated carbocycles. The summed E-state index contributed by atoms with van der Waals surface area (Å²) >= 11 is 3.23. The number of carbonyl (C=O) groups excluding carboxylic acids is 1. The highest BCUT2D eigenvalue weighted by Crippen LogP contribution is 2.17. The third kappa shape index (κ3) is 3.46. The highest BCUT2D eigenvalue weighted by Gasteiger charge is 2.20. The Hall–Kier alpha value is -1.66. The van der Waals surface area contributed by atoms with E-state index in [1.807, 2.05) is 0 Å². The minimum absolute atomic E-state index is 0.129. The maximum absolute atomic E-state index is 12.1. The van der Waals surface area contributed by atoms with E-state index in [9.17, 15) is 13.2 Å². The summed E-state index contributed by atoms with van der Waals surface area (Å²) in [6.07, 6.45) is 0. The maximum Gasteiger partial charge on any atom is 0.185 e. The molecule has 104 valence electrons. The summed E-state index contributed by atoms with van der Waals surface area (Å²) in [5.41, 5.74) is 6.38. The maximum atomic E-state index is 12.1. The Morgan fingerprint density at radius 3 is 2.10 bits per heavy atom. The monoisotopic (exact) mass is 353 g/mol. The summed E-state index contributed by atoms with van der Waals surface area (Å²) in [4.78, 5) is 12.1. The third-order valence-electron chi connectivity index (χ3n) is 2.73. The Kier molecular flexibility index (Phi) is 4.25. The standard InChI is InChI=1S/C14H12BrNO3S/c15-11-3-7-13(8-4-11)20(18,19)9-14(17)10-1-5-12(16)6-2-10/h1-8H,9,16H2. The van der Waals surface area contributed by atoms with Gasteiger partial charge in [0.25, 0.3) is 0 Å². The molecule has 0 fully saturated rings. The van der Waals surface area contributed by atoms with Crippen LogP contribution in [0.5, 0.6) is 0 Å². The van der Waals surface area contributed by atoms with E-state index in [1.54, 1.807) is 24.3 Å². The molecule has 0 spiro atoms. The van der Waals surface area contributed by atoms with Gasteiger partial charge in [-0.15, -0.1) is 0 Å². The highest BCUT2D eigenvalue weighted by molar-refractivity contribution is 9.10. The van der Waals surface area contributed by atoms with Gasteiger partial charge in [0.2, 0.25) is 0 Å². The molecule has 0 atom stereocenters. The van der Waals surface area contributed by atoms with Crippen LogP contribution in [0, 0.1) is 0 Å². The van der Waals surface area contributed by atoms with Crippen LogP contribution in [0.2, 0.25) is 0 Å². The molecular weight excluding hydrogens is 342 g/mol. The van der Waals surface area contributed by atoms with Crippen LogP contribution >= 0.6 is 15.9 Å². The number of Topliss-reactive ketones (excluding diaryl/α,β-unsaturated/α-hetero) is 1. The molecule has 0 unspecified atom stereocenters. The van der Waals surface area contributed by atoms with Gasteiger partial charge in [0.1, 0.15) is 5.75 Å². The molecule has 4 nitrogen and oxygen atoms in total. The molecule has 0 aromatic heterocycles. The largest absolute Gasteiger partial charge is 0.399 e. The first kappa shape index (κ1) is 14.7. The predicted octanol–water partition coefficient (Wildman–Crippen LogP) is 2.69. The number of ketones is 1. The van der Waals surface area contributed by atoms with E-state index in [1.165, 1.54) is 24.3 Å². The van der Waals surface area contributed by atoms with Crippen molar-refractivity contribution in [2.24, 2.45) is 0 Å². The number of hydrogen-bond donors (Lipinski definition) is 1. The van der Waals surface area contributed by atoms with Gasteiger partial charge >= 0.3 is 0 Å². The molecule has 0 saturated heterocycles. The van der Waals surface area contributed by atoms with Crippen LogP contribution < -0.4 is 5.73 Å². The molecule has 0 heterocycles. The van der Waals surface area contributed by atoms with Crippen LogP contribution in [0.1, 0.15) is 10.4 Å². The van der Waals surface area contributed by atoms with E-state index in [-0.39, 0.29) is 4.90 Å². The zero-order valence-corrected chi connectivity index (χ0v) is 12.8. The van der Waals surface area contributed by atoms with Crippen LogP contribution in [-0.4, -0.2) is 20.0 Å². The molecule has 2 aromatic rings. The summed E-state index contributed by atoms with van der Waals surface area (Å²) in [5.74, 6) is -1.01. The number of halogens is 1. The van der Waals surface area contributed by atoms with E-state index in [0.717, 1.165) is 4.47 Å². The van der Waals surface area contributed by atoms with Crippen molar-refractivity contribution in [1.82, 2.24) is 0 Å². The number of rotatable bonds is 4. The molecule has 6 heteroatoms. The van der Waals surface area contributed by atoms with Crippen molar-refractivity contribution in [3.8, 4) is 0 Å². The van der Waals surface area contributed by atoms with Gasteiger partial charge in [0, 0.05) is 15.7 Å². The molecule has 0 radical (unpaired) electrons. The molecule has 2 N–H and O–H groups in total. The number of benzene rings is 2. The summed E-state index contributed by atoms with van der Waals surface area (Å²) in [6, 6.07) is 12.4. The van der Waals surface area contributed by atoms with Gasteiger partial charge in [0.15, 0.2) is 15.6 Å². The van der Waals surface area contributed by atoms with Crippen molar-refractivity contribution >= 4 is 37.2 Å². The minimum atomic E-state index is -3.64. The van der Waals surface area contributed by atoms with E-state index in [2.05, 4.69) is 15.9 Å². The second kappa shape index (κ2) is 5.76. The quantitative estimate of drug-likeness (QED) is 0.677. The SMILES string of the molecule is Nc1ccc(C(=O)CS(=O)(=O)c2ccc(Br)cc2)cc1. The van der Waals surface area contributed by atoms with Crippen molar-refractivity contribution in [2.45, 2.75) is 4.90 Å². The first-order valence-electron chi connectivity index (χ1n) is 5.75. The van der Waals surface area contributed by atoms with E-state index in [0.29, 0.717) is 11.3 Å². The zero-order chi connectivity index (χ0) is 14.8. The fourth-order valence-corrected chi connectivity index (χ4v) is 3.14. The fraction of sp³-hybridized carbons (Fsp3) is 0.0714. The highest BCUT2D eigenvalue weighted by atomic mass is 79.9. The molecule has 0 aliphatic heterocycles. The van der Waals surface area contributed by atoms with Crippen molar-refractivity contribution < 1.29 is 13.2 Å². The summed E-state index contributed by atoms with van der Waals surface area (Å²) in [5, 5.41) is 0. The van der Waals surface area contributed by atoms with Crippen LogP contribution in [0.3, 0.4) is 0 Å². The molecule has 2 rings (SSSR count). The van der Waals surface area contributed by atoms with Gasteiger partial charge in [-0.1, -0.05) is 15.9 Å². The lowest BCUT2D eigenvalue weighted by Crippen LogP contribution is -2.16. The smallest absolute Gasteiger partial charge is 0.185 e. The average Bonchev–Trinajstić information content (AvgIpc) is 2.39. The molecular formula is C14H12BrNO3S. The molecule has 0 aliphatic rings. The van der Waals surface area contributed by atoms with Gasteiger partial charge in [-0.2, -0.15) is 0 Å². The number of carbonyl (C=O) groups is 1. The number of sulfone groups is 1. The Morgan fingerprint density at radius 2 is 1.55 bits per heavy atom. The Bertz CT molecular complexity index is 722. The lowest BCUT2D eigenvalue weighted by atomic mass is 10.1. The van der Waals surface area contributed by atoms with E-state index >= 15 is 0 Å². The lowest BCUT2D eigenvalue weighted by molar-refractivity contribution is 0.102. The minimum Gasteiger partial charge on any atom is -0.399 e. The van der Waals surface area contributed by atoms with Gasteiger partial charge < -0.3 is 5.73 Å². The molecule has 0 bridgehead atoms. The molecule has 0 amide bonds. The molecule has 20 heavy (non-hydrogen) atoms. The van der Waals surface area contributed by atoms with Crippen LogP contribution in [-0.2, 0) is 9.84 Å². The van der Waals surface area contributed by atoms with Crippen molar-refractivity contribution in [1.29, 1.82) is 0 Å². The van der Waals surface area contributed by atoms with Gasteiger partial charge in [-0.05, 0) is 48.5 Å². The Morgan fingerprint density at radius 1 is 1.00 bits per heavy atom. The molecule has 2 aromatic carbocycles. The predicted molar refractivity (Wildman–Crippen MR) is 81.4 cm³/mol. The Balaban J connectivity index is 2.22. The van der Waals surface area contributed by atoms with Crippen molar-refractivity contribution in [3.63, 3.8) is 0 Å². The molecule has 0 aliphatic carbocycles. The number of nitrogen functional groups attached to an aromatic ring is 1. The van der Waals surface area contributed by atoms with Gasteiger partial charge in [-0.25, -0.2) is 8.42 Å². The first-order valence-corrected chi connectivity index (χ1v) is 8.20. The van der Waals surface area contributed by atoms with Crippen molar-refractivity contribution in [2.75, 3.05) is 11.5 Å². The normalized spacial score (nSPS) is 11.2. The van der Waals surface area contributed by atoms with E-state index in [4.69, 9.17) is 5.73 Å². The van der Waals surface area contributed by atoms with Crippen LogP contribution in [0.25, 0.3) is 0 Å². The van der Waals surface area contributed by atoms with Crippen molar-refractivity contribution in [3.05, 3.63) is 58.6 Å². The van der Waals surface area contributed by atoms with Crippen LogP contribution in [0.15, 0.2) is 57.9 Å². The lowest BCUT2D eigenvalue weighted by Gasteiger charge is -2.05. The third-order valence-corrected chi connectivity index (χ3v) is 4.89. The summed E-state index contributed by atoms with van der Waals surface area (Å²) in [6.45, 7) is 0. The van der Waals surface area contributed by atoms with Gasteiger partial charge in [-0.3, -0.25) is 4.79 Å². The number of nitrogens with two attached hydrogens (primary N) is 1. The number of anilines is 1. The van der Waals surface area contributed by atoms with Crippen LogP contribution in [0.4, 0.5) is 5.69 Å². The first-order chi connectivity index (χ1) is 9.38. The summed E-state index contributed by atoms with van der Waals surface area (Å²) in [7, 11) is -3.64. The average molecular weight is 354 g/mol. The number of hydrogen-bond acceptors (Lipinski definition) is 4. The van der Waals surface area contributed by atoms with Gasteiger partial charge in [0.05, 0.1) is 4.90 Å². The zero-order valence-electron chi connectivity index (χ0n) is 10.4. The second-order valence-corrected chi connectivity index (χ2v) is 7.16. The Labute approximate surface area is 125 Å². The van der Waals surface area contributed by atoms with E-state index < -0.39 is 21.4 Å². The summed E-state index contributed by atoms with van der Waals surface area (Å²) < 4.78 is 25.0.